The highest BCUT2D eigenvalue weighted by Gasteiger charge is 2.38. The average Bonchev–Trinajstić information content (AvgIpc) is 2.64. The molecule has 2 aromatic carbocycles. The standard InChI is InChI=1S/C20H18O6/c1-10-16(22)15-18(24)14(17(23)12-7-5-4-6-8-12)11(2)26-20(15)13(9-21)19(10)25-3/h4-9,11,22-23H,1-3H3. The Morgan fingerprint density at radius 2 is 1.92 bits per heavy atom. The number of hydrogen-bond acceptors (Lipinski definition) is 6. The quantitative estimate of drug-likeness (QED) is 0.498. The van der Waals surface area contributed by atoms with Crippen LogP contribution in [0, 0.1) is 6.92 Å². The maximum absolute atomic E-state index is 13.1. The molecule has 0 saturated carbocycles. The minimum atomic E-state index is -0.819. The minimum absolute atomic E-state index is 0.0143. The number of aliphatic hydroxyl groups excluding tert-OH is 1. The van der Waals surface area contributed by atoms with Gasteiger partial charge in [-0.2, -0.15) is 0 Å². The number of aldehydes is 1. The van der Waals surface area contributed by atoms with Crippen molar-refractivity contribution in [3.8, 4) is 17.2 Å². The number of benzene rings is 2. The number of methoxy groups -OCH3 is 1. The van der Waals surface area contributed by atoms with Gasteiger partial charge in [0.2, 0.25) is 5.78 Å². The van der Waals surface area contributed by atoms with Crippen LogP contribution in [0.3, 0.4) is 0 Å². The number of fused-ring (bicyclic) bond motifs is 1. The summed E-state index contributed by atoms with van der Waals surface area (Å²) >= 11 is 0. The third-order valence-corrected chi connectivity index (χ3v) is 4.45. The molecule has 1 aliphatic rings. The highest BCUT2D eigenvalue weighted by Crippen LogP contribution is 2.46. The minimum Gasteiger partial charge on any atom is -0.507 e. The molecule has 1 heterocycles. The second-order valence-corrected chi connectivity index (χ2v) is 5.96. The van der Waals surface area contributed by atoms with Gasteiger partial charge in [-0.3, -0.25) is 9.59 Å². The van der Waals surface area contributed by atoms with Crippen LogP contribution in [0.2, 0.25) is 0 Å². The Kier molecular flexibility index (Phi) is 4.42. The number of phenols is 1. The average molecular weight is 354 g/mol. The first-order valence-electron chi connectivity index (χ1n) is 8.00. The van der Waals surface area contributed by atoms with Crippen LogP contribution in [0.5, 0.6) is 17.2 Å². The Labute approximate surface area is 150 Å². The van der Waals surface area contributed by atoms with Crippen LogP contribution in [0.4, 0.5) is 0 Å². The van der Waals surface area contributed by atoms with Gasteiger partial charge in [0.1, 0.15) is 34.7 Å². The van der Waals surface area contributed by atoms with Gasteiger partial charge in [0, 0.05) is 11.1 Å². The fraction of sp³-hybridized carbons (Fsp3) is 0.200. The van der Waals surface area contributed by atoms with Crippen molar-refractivity contribution in [3.63, 3.8) is 0 Å². The molecule has 1 unspecified atom stereocenters. The zero-order valence-corrected chi connectivity index (χ0v) is 14.6. The molecule has 6 nitrogen and oxygen atoms in total. The molecule has 2 aromatic rings. The fourth-order valence-corrected chi connectivity index (χ4v) is 3.15. The summed E-state index contributed by atoms with van der Waals surface area (Å²) in [6, 6.07) is 8.57. The molecule has 2 N–H and O–H groups in total. The lowest BCUT2D eigenvalue weighted by Crippen LogP contribution is -2.30. The lowest BCUT2D eigenvalue weighted by Gasteiger charge is -2.29. The summed E-state index contributed by atoms with van der Waals surface area (Å²) in [6.07, 6.45) is -0.295. The smallest absolute Gasteiger partial charge is 0.203 e. The number of aliphatic hydroxyl groups is 1. The van der Waals surface area contributed by atoms with Crippen LogP contribution in [0.1, 0.15) is 38.8 Å². The number of ether oxygens (including phenoxy) is 2. The number of hydrogen-bond donors (Lipinski definition) is 2. The molecule has 0 aromatic heterocycles. The zero-order valence-electron chi connectivity index (χ0n) is 14.6. The van der Waals surface area contributed by atoms with Gasteiger partial charge in [0.15, 0.2) is 6.29 Å². The lowest BCUT2D eigenvalue weighted by atomic mass is 9.89. The number of rotatable bonds is 3. The van der Waals surface area contributed by atoms with E-state index in [-0.39, 0.29) is 45.3 Å². The molecule has 0 amide bonds. The second-order valence-electron chi connectivity index (χ2n) is 5.96. The Morgan fingerprint density at radius 1 is 1.27 bits per heavy atom. The molecular formula is C20H18O6. The first-order valence-corrected chi connectivity index (χ1v) is 8.00. The van der Waals surface area contributed by atoms with Crippen LogP contribution < -0.4 is 9.47 Å². The monoisotopic (exact) mass is 354 g/mol. The summed E-state index contributed by atoms with van der Waals surface area (Å²) < 4.78 is 10.9. The van der Waals surface area contributed by atoms with Crippen LogP contribution in [-0.2, 0) is 0 Å². The van der Waals surface area contributed by atoms with Crippen molar-refractivity contribution in [1.29, 1.82) is 0 Å². The highest BCUT2D eigenvalue weighted by molar-refractivity contribution is 6.18. The van der Waals surface area contributed by atoms with Crippen molar-refractivity contribution in [1.82, 2.24) is 0 Å². The normalized spacial score (nSPS) is 18.0. The maximum Gasteiger partial charge on any atom is 0.203 e. The molecule has 0 aliphatic carbocycles. The highest BCUT2D eigenvalue weighted by atomic mass is 16.5. The molecule has 0 bridgehead atoms. The largest absolute Gasteiger partial charge is 0.507 e. The first-order chi connectivity index (χ1) is 12.4. The molecule has 1 atom stereocenters. The molecule has 134 valence electrons. The topological polar surface area (TPSA) is 93.1 Å². The van der Waals surface area contributed by atoms with Crippen molar-refractivity contribution in [2.24, 2.45) is 0 Å². The van der Waals surface area contributed by atoms with Gasteiger partial charge in [-0.15, -0.1) is 0 Å². The first kappa shape index (κ1) is 17.5. The van der Waals surface area contributed by atoms with E-state index in [4.69, 9.17) is 9.47 Å². The van der Waals surface area contributed by atoms with Crippen molar-refractivity contribution < 1.29 is 29.3 Å². The summed E-state index contributed by atoms with van der Waals surface area (Å²) in [6.45, 7) is 3.13. The predicted molar refractivity (Wildman–Crippen MR) is 95.2 cm³/mol. The number of carbonyl (C=O) groups is 2. The number of ketones is 1. The number of carbonyl (C=O) groups excluding carboxylic acids is 2. The third kappa shape index (κ3) is 2.50. The third-order valence-electron chi connectivity index (χ3n) is 4.45. The fourth-order valence-electron chi connectivity index (χ4n) is 3.15. The number of Topliss-reactive ketones (excluding diaryl/α,β-unsaturated/α-hetero) is 1. The van der Waals surface area contributed by atoms with Gasteiger partial charge in [-0.05, 0) is 13.8 Å². The van der Waals surface area contributed by atoms with E-state index in [1.54, 1.807) is 37.3 Å². The zero-order chi connectivity index (χ0) is 19.0. The van der Waals surface area contributed by atoms with E-state index < -0.39 is 11.9 Å². The summed E-state index contributed by atoms with van der Waals surface area (Å²) in [4.78, 5) is 24.6. The molecule has 1 aliphatic heterocycles. The maximum atomic E-state index is 13.1. The van der Waals surface area contributed by atoms with Gasteiger partial charge in [-0.1, -0.05) is 30.3 Å². The van der Waals surface area contributed by atoms with E-state index in [9.17, 15) is 19.8 Å². The van der Waals surface area contributed by atoms with Crippen LogP contribution >= 0.6 is 0 Å². The van der Waals surface area contributed by atoms with Crippen LogP contribution in [-0.4, -0.2) is 35.5 Å². The van der Waals surface area contributed by atoms with E-state index >= 15 is 0 Å². The van der Waals surface area contributed by atoms with Gasteiger partial charge < -0.3 is 19.7 Å². The van der Waals surface area contributed by atoms with E-state index in [1.165, 1.54) is 14.0 Å². The molecule has 3 rings (SSSR count). The van der Waals surface area contributed by atoms with Crippen LogP contribution in [0.25, 0.3) is 5.76 Å². The molecule has 0 fully saturated rings. The Morgan fingerprint density at radius 3 is 2.50 bits per heavy atom. The lowest BCUT2D eigenvalue weighted by molar-refractivity contribution is 0.0961. The molecule has 0 spiro atoms. The predicted octanol–water partition coefficient (Wildman–Crippen LogP) is 3.45. The Bertz CT molecular complexity index is 927. The second kappa shape index (κ2) is 6.55. The van der Waals surface area contributed by atoms with Crippen molar-refractivity contribution in [3.05, 3.63) is 58.2 Å². The molecule has 6 heteroatoms. The van der Waals surface area contributed by atoms with E-state index in [0.717, 1.165) is 0 Å². The summed E-state index contributed by atoms with van der Waals surface area (Å²) in [5, 5.41) is 21.1. The van der Waals surface area contributed by atoms with Gasteiger partial charge in [0.05, 0.1) is 18.2 Å². The Balaban J connectivity index is 2.29. The molecule has 26 heavy (non-hydrogen) atoms. The van der Waals surface area contributed by atoms with Gasteiger partial charge in [0.25, 0.3) is 0 Å². The number of phenolic OH excluding ortho intramolecular Hbond substituents is 1. The SMILES string of the molecule is COc1c(C)c(O)c2c(c1C=O)OC(C)C(=C(O)c1ccccc1)C2=O. The number of aromatic hydroxyl groups is 1. The van der Waals surface area contributed by atoms with Crippen molar-refractivity contribution >= 4 is 17.8 Å². The van der Waals surface area contributed by atoms with E-state index in [2.05, 4.69) is 0 Å². The Hall–Kier alpha value is -3.28. The summed E-state index contributed by atoms with van der Waals surface area (Å²) in [7, 11) is 1.36. The van der Waals surface area contributed by atoms with Crippen molar-refractivity contribution in [2.45, 2.75) is 20.0 Å². The molecule has 0 saturated heterocycles. The molecular weight excluding hydrogens is 336 g/mol. The van der Waals surface area contributed by atoms with E-state index in [0.29, 0.717) is 11.8 Å². The van der Waals surface area contributed by atoms with Crippen molar-refractivity contribution in [2.75, 3.05) is 7.11 Å². The summed E-state index contributed by atoms with van der Waals surface area (Å²) in [5.74, 6) is -1.04. The van der Waals surface area contributed by atoms with E-state index in [1.807, 2.05) is 0 Å². The molecule has 0 radical (unpaired) electrons. The van der Waals surface area contributed by atoms with Gasteiger partial charge >= 0.3 is 0 Å². The van der Waals surface area contributed by atoms with Gasteiger partial charge in [-0.25, -0.2) is 0 Å². The van der Waals surface area contributed by atoms with Crippen LogP contribution in [0.15, 0.2) is 35.9 Å². The summed E-state index contributed by atoms with van der Waals surface area (Å²) in [5.41, 5.74) is 0.617.